The molecule has 0 saturated heterocycles. The second-order valence-electron chi connectivity index (χ2n) is 3.78. The van der Waals surface area contributed by atoms with Gasteiger partial charge in [-0.3, -0.25) is 0 Å². The van der Waals surface area contributed by atoms with E-state index in [1.54, 1.807) is 49.4 Å². The van der Waals surface area contributed by atoms with E-state index in [9.17, 15) is 9.50 Å². The van der Waals surface area contributed by atoms with Gasteiger partial charge in [0.15, 0.2) is 11.6 Å². The minimum absolute atomic E-state index is 0.192. The van der Waals surface area contributed by atoms with Gasteiger partial charge in [0.05, 0.1) is 6.10 Å². The fraction of sp³-hybridized carbons (Fsp3) is 0.143. The van der Waals surface area contributed by atoms with Crippen LogP contribution in [0, 0.1) is 5.82 Å². The third kappa shape index (κ3) is 2.82. The Morgan fingerprint density at radius 1 is 1.06 bits per heavy atom. The minimum atomic E-state index is -0.516. The molecule has 0 bridgehead atoms. The fourth-order valence-corrected chi connectivity index (χ4v) is 1.47. The number of halogens is 1. The highest BCUT2D eigenvalue weighted by atomic mass is 19.1. The van der Waals surface area contributed by atoms with Crippen LogP contribution in [0.4, 0.5) is 4.39 Å². The van der Waals surface area contributed by atoms with Gasteiger partial charge in [-0.05, 0) is 36.8 Å². The third-order valence-corrected chi connectivity index (χ3v) is 2.43. The molecule has 2 rings (SSSR count). The molecule has 0 aliphatic rings. The lowest BCUT2D eigenvalue weighted by atomic mass is 10.1. The van der Waals surface area contributed by atoms with Gasteiger partial charge in [0.1, 0.15) is 5.75 Å². The van der Waals surface area contributed by atoms with Crippen molar-refractivity contribution in [2.75, 3.05) is 0 Å². The Kier molecular flexibility index (Phi) is 3.40. The molecule has 2 aromatic rings. The number of ether oxygens (including phenoxy) is 1. The maximum Gasteiger partial charge on any atom is 0.165 e. The van der Waals surface area contributed by atoms with Gasteiger partial charge < -0.3 is 9.84 Å². The van der Waals surface area contributed by atoms with Crippen molar-refractivity contribution >= 4 is 0 Å². The van der Waals surface area contributed by atoms with Gasteiger partial charge in [0.25, 0.3) is 0 Å². The summed E-state index contributed by atoms with van der Waals surface area (Å²) in [7, 11) is 0. The van der Waals surface area contributed by atoms with Crippen LogP contribution in [0.2, 0.25) is 0 Å². The molecule has 2 aromatic carbocycles. The molecule has 1 N–H and O–H groups in total. The van der Waals surface area contributed by atoms with Crippen molar-refractivity contribution in [1.82, 2.24) is 0 Å². The van der Waals surface area contributed by atoms with Crippen LogP contribution in [0.3, 0.4) is 0 Å². The van der Waals surface area contributed by atoms with Crippen molar-refractivity contribution < 1.29 is 14.2 Å². The molecule has 3 heteroatoms. The summed E-state index contributed by atoms with van der Waals surface area (Å²) < 4.78 is 18.7. The first-order valence-corrected chi connectivity index (χ1v) is 5.37. The molecule has 0 unspecified atom stereocenters. The first kappa shape index (κ1) is 11.6. The summed E-state index contributed by atoms with van der Waals surface area (Å²) in [5.41, 5.74) is 0.797. The highest BCUT2D eigenvalue weighted by Gasteiger charge is 2.04. The zero-order chi connectivity index (χ0) is 12.3. The Bertz CT molecular complexity index is 492. The molecule has 17 heavy (non-hydrogen) atoms. The first-order chi connectivity index (χ1) is 8.16. The SMILES string of the molecule is C[C@@H](O)c1ccc(Oc2ccccc2F)cc1. The van der Waals surface area contributed by atoms with E-state index in [1.807, 2.05) is 0 Å². The zero-order valence-corrected chi connectivity index (χ0v) is 9.43. The normalized spacial score (nSPS) is 12.2. The summed E-state index contributed by atoms with van der Waals surface area (Å²) in [6.45, 7) is 1.69. The van der Waals surface area contributed by atoms with Gasteiger partial charge in [0, 0.05) is 0 Å². The van der Waals surface area contributed by atoms with Crippen LogP contribution in [0.1, 0.15) is 18.6 Å². The number of hydrogen-bond acceptors (Lipinski definition) is 2. The molecule has 0 radical (unpaired) electrons. The second-order valence-corrected chi connectivity index (χ2v) is 3.78. The summed E-state index contributed by atoms with van der Waals surface area (Å²) in [5, 5.41) is 9.35. The molecule has 0 aliphatic carbocycles. The fourth-order valence-electron chi connectivity index (χ4n) is 1.47. The Morgan fingerprint density at radius 3 is 2.29 bits per heavy atom. The molecule has 0 fully saturated rings. The smallest absolute Gasteiger partial charge is 0.165 e. The van der Waals surface area contributed by atoms with Crippen LogP contribution in [0.15, 0.2) is 48.5 Å². The summed E-state index contributed by atoms with van der Waals surface area (Å²) in [6, 6.07) is 13.1. The summed E-state index contributed by atoms with van der Waals surface area (Å²) in [4.78, 5) is 0. The Balaban J connectivity index is 2.17. The second kappa shape index (κ2) is 4.97. The van der Waals surface area contributed by atoms with Crippen LogP contribution in [-0.4, -0.2) is 5.11 Å². The quantitative estimate of drug-likeness (QED) is 0.874. The average molecular weight is 232 g/mol. The van der Waals surface area contributed by atoms with Gasteiger partial charge in [-0.2, -0.15) is 0 Å². The Morgan fingerprint density at radius 2 is 1.71 bits per heavy atom. The van der Waals surface area contributed by atoms with Crippen molar-refractivity contribution in [1.29, 1.82) is 0 Å². The number of aliphatic hydroxyl groups excluding tert-OH is 1. The molecule has 2 nitrogen and oxygen atoms in total. The summed E-state index contributed by atoms with van der Waals surface area (Å²) >= 11 is 0. The van der Waals surface area contributed by atoms with Crippen LogP contribution >= 0.6 is 0 Å². The number of benzene rings is 2. The predicted octanol–water partition coefficient (Wildman–Crippen LogP) is 3.67. The van der Waals surface area contributed by atoms with Gasteiger partial charge in [-0.15, -0.1) is 0 Å². The predicted molar refractivity (Wildman–Crippen MR) is 63.5 cm³/mol. The summed E-state index contributed by atoms with van der Waals surface area (Å²) in [6.07, 6.45) is -0.516. The van der Waals surface area contributed by atoms with E-state index in [0.29, 0.717) is 5.75 Å². The van der Waals surface area contributed by atoms with Crippen LogP contribution < -0.4 is 4.74 Å². The van der Waals surface area contributed by atoms with E-state index in [0.717, 1.165) is 5.56 Å². The monoisotopic (exact) mass is 232 g/mol. The Hall–Kier alpha value is -1.87. The standard InChI is InChI=1S/C14H13FO2/c1-10(16)11-6-8-12(9-7-11)17-14-5-3-2-4-13(14)15/h2-10,16H,1H3/t10-/m1/s1. The highest BCUT2D eigenvalue weighted by molar-refractivity contribution is 5.34. The molecule has 0 spiro atoms. The molecule has 0 amide bonds. The molecular weight excluding hydrogens is 219 g/mol. The highest BCUT2D eigenvalue weighted by Crippen LogP contribution is 2.25. The first-order valence-electron chi connectivity index (χ1n) is 5.37. The number of rotatable bonds is 3. The van der Waals surface area contributed by atoms with E-state index < -0.39 is 11.9 Å². The van der Waals surface area contributed by atoms with Crippen molar-refractivity contribution in [3.05, 3.63) is 59.9 Å². The maximum absolute atomic E-state index is 13.3. The molecule has 0 heterocycles. The zero-order valence-electron chi connectivity index (χ0n) is 9.43. The van der Waals surface area contributed by atoms with E-state index in [1.165, 1.54) is 6.07 Å². The molecule has 0 aromatic heterocycles. The van der Waals surface area contributed by atoms with Crippen molar-refractivity contribution in [2.45, 2.75) is 13.0 Å². The number of aliphatic hydroxyl groups is 1. The van der Waals surface area contributed by atoms with Gasteiger partial charge in [-0.1, -0.05) is 24.3 Å². The molecule has 0 aliphatic heterocycles. The van der Waals surface area contributed by atoms with Crippen molar-refractivity contribution in [3.8, 4) is 11.5 Å². The molecule has 1 atom stereocenters. The van der Waals surface area contributed by atoms with Crippen molar-refractivity contribution in [3.63, 3.8) is 0 Å². The van der Waals surface area contributed by atoms with Crippen LogP contribution in [0.5, 0.6) is 11.5 Å². The van der Waals surface area contributed by atoms with Crippen LogP contribution in [-0.2, 0) is 0 Å². The Labute approximate surface area is 99.3 Å². The van der Waals surface area contributed by atoms with Gasteiger partial charge in [-0.25, -0.2) is 4.39 Å². The van der Waals surface area contributed by atoms with E-state index in [-0.39, 0.29) is 5.75 Å². The number of para-hydroxylation sites is 1. The van der Waals surface area contributed by atoms with Crippen molar-refractivity contribution in [2.24, 2.45) is 0 Å². The van der Waals surface area contributed by atoms with Crippen LogP contribution in [0.25, 0.3) is 0 Å². The summed E-state index contributed by atoms with van der Waals surface area (Å²) in [5.74, 6) is 0.337. The maximum atomic E-state index is 13.3. The van der Waals surface area contributed by atoms with E-state index >= 15 is 0 Å². The lowest BCUT2D eigenvalue weighted by Crippen LogP contribution is -1.91. The molecular formula is C14H13FO2. The average Bonchev–Trinajstić information content (AvgIpc) is 2.33. The number of hydrogen-bond donors (Lipinski definition) is 1. The van der Waals surface area contributed by atoms with Gasteiger partial charge in [0.2, 0.25) is 0 Å². The lowest BCUT2D eigenvalue weighted by molar-refractivity contribution is 0.199. The third-order valence-electron chi connectivity index (χ3n) is 2.43. The van der Waals surface area contributed by atoms with E-state index in [2.05, 4.69) is 0 Å². The topological polar surface area (TPSA) is 29.5 Å². The molecule has 0 saturated carbocycles. The molecule has 88 valence electrons. The van der Waals surface area contributed by atoms with E-state index in [4.69, 9.17) is 4.74 Å². The lowest BCUT2D eigenvalue weighted by Gasteiger charge is -2.08. The largest absolute Gasteiger partial charge is 0.454 e. The van der Waals surface area contributed by atoms with Gasteiger partial charge >= 0.3 is 0 Å². The minimum Gasteiger partial charge on any atom is -0.454 e.